The molecule has 1 aromatic heterocycles. The van der Waals surface area contributed by atoms with Gasteiger partial charge in [-0.05, 0) is 37.1 Å². The zero-order chi connectivity index (χ0) is 24.2. The van der Waals surface area contributed by atoms with Crippen molar-refractivity contribution in [3.8, 4) is 0 Å². The number of carboxylic acids is 1. The number of benzene rings is 1. The fourth-order valence-corrected chi connectivity index (χ4v) is 5.22. The highest BCUT2D eigenvalue weighted by molar-refractivity contribution is 7.89. The average molecular weight is 479 g/mol. The number of carboxylic acid groups (broad SMARTS) is 1. The van der Waals surface area contributed by atoms with Crippen molar-refractivity contribution in [3.05, 3.63) is 40.7 Å². The zero-order valence-electron chi connectivity index (χ0n) is 18.3. The van der Waals surface area contributed by atoms with Gasteiger partial charge >= 0.3 is 11.7 Å². The molecule has 0 atom stereocenters. The Morgan fingerprint density at radius 3 is 2.33 bits per heavy atom. The molecule has 13 heteroatoms. The second kappa shape index (κ2) is 10.1. The molecule has 2 aromatic rings. The topological polar surface area (TPSA) is 159 Å². The van der Waals surface area contributed by atoms with Crippen molar-refractivity contribution in [2.24, 2.45) is 5.92 Å². The normalized spacial score (nSPS) is 14.9. The predicted octanol–water partition coefficient (Wildman–Crippen LogP) is 2.46. The molecule has 0 amide bonds. The van der Waals surface area contributed by atoms with Gasteiger partial charge in [0.1, 0.15) is 6.33 Å². The number of rotatable bonds is 9. The highest BCUT2D eigenvalue weighted by atomic mass is 32.2. The van der Waals surface area contributed by atoms with Crippen LogP contribution < -0.4 is 10.2 Å². The van der Waals surface area contributed by atoms with Gasteiger partial charge in [-0.1, -0.05) is 13.8 Å². The first kappa shape index (κ1) is 24.3. The Morgan fingerprint density at radius 2 is 1.82 bits per heavy atom. The van der Waals surface area contributed by atoms with Gasteiger partial charge in [-0.3, -0.25) is 14.9 Å². The third-order valence-corrected chi connectivity index (χ3v) is 7.65. The molecule has 1 aliphatic heterocycles. The van der Waals surface area contributed by atoms with E-state index in [1.54, 1.807) is 18.7 Å². The van der Waals surface area contributed by atoms with Gasteiger partial charge in [0.2, 0.25) is 21.7 Å². The largest absolute Gasteiger partial charge is 0.481 e. The summed E-state index contributed by atoms with van der Waals surface area (Å²) in [4.78, 5) is 32.4. The summed E-state index contributed by atoms with van der Waals surface area (Å²) < 4.78 is 26.6. The van der Waals surface area contributed by atoms with E-state index in [1.807, 2.05) is 0 Å². The summed E-state index contributed by atoms with van der Waals surface area (Å²) in [5.74, 6) is -1.28. The van der Waals surface area contributed by atoms with Crippen LogP contribution in [0.1, 0.15) is 26.7 Å². The lowest BCUT2D eigenvalue weighted by Crippen LogP contribution is -2.37. The van der Waals surface area contributed by atoms with Crippen LogP contribution in [0, 0.1) is 16.0 Å². The van der Waals surface area contributed by atoms with Crippen LogP contribution in [0.15, 0.2) is 35.5 Å². The van der Waals surface area contributed by atoms with Crippen LogP contribution in [0.25, 0.3) is 0 Å². The Balaban J connectivity index is 1.85. The molecule has 0 saturated carbocycles. The SMILES string of the molecule is CCN(CC)S(=O)(=O)c1ccc(Nc2ncnc(N3CCC(C(=O)O)CC3)c2[N+](=O)[O-])cc1. The van der Waals surface area contributed by atoms with Crippen molar-refractivity contribution >= 4 is 39.0 Å². The lowest BCUT2D eigenvalue weighted by atomic mass is 9.97. The molecule has 178 valence electrons. The molecule has 1 fully saturated rings. The summed E-state index contributed by atoms with van der Waals surface area (Å²) in [7, 11) is -3.62. The number of carbonyl (C=O) groups is 1. The molecular weight excluding hydrogens is 452 g/mol. The molecule has 1 aromatic carbocycles. The summed E-state index contributed by atoms with van der Waals surface area (Å²) in [5, 5.41) is 23.9. The Hall–Kier alpha value is -3.32. The molecule has 0 radical (unpaired) electrons. The van der Waals surface area contributed by atoms with Gasteiger partial charge in [0.05, 0.1) is 15.7 Å². The number of hydrogen-bond donors (Lipinski definition) is 2. The Morgan fingerprint density at radius 1 is 1.21 bits per heavy atom. The van der Waals surface area contributed by atoms with Crippen molar-refractivity contribution in [1.82, 2.24) is 14.3 Å². The van der Waals surface area contributed by atoms with E-state index in [-0.39, 0.29) is 22.2 Å². The molecule has 0 spiro atoms. The van der Waals surface area contributed by atoms with Gasteiger partial charge in [0.15, 0.2) is 0 Å². The van der Waals surface area contributed by atoms with Crippen molar-refractivity contribution in [3.63, 3.8) is 0 Å². The lowest BCUT2D eigenvalue weighted by Gasteiger charge is -2.30. The Labute approximate surface area is 191 Å². The zero-order valence-corrected chi connectivity index (χ0v) is 19.2. The number of nitro groups is 1. The lowest BCUT2D eigenvalue weighted by molar-refractivity contribution is -0.383. The molecule has 1 aliphatic rings. The van der Waals surface area contributed by atoms with E-state index in [4.69, 9.17) is 0 Å². The van der Waals surface area contributed by atoms with E-state index < -0.39 is 26.8 Å². The molecule has 0 aliphatic carbocycles. The van der Waals surface area contributed by atoms with Gasteiger partial charge in [0, 0.05) is 31.9 Å². The van der Waals surface area contributed by atoms with E-state index in [9.17, 15) is 28.4 Å². The van der Waals surface area contributed by atoms with E-state index in [0.29, 0.717) is 44.7 Å². The Bertz CT molecular complexity index is 1110. The number of aromatic nitrogens is 2. The molecule has 33 heavy (non-hydrogen) atoms. The predicted molar refractivity (Wildman–Crippen MR) is 121 cm³/mol. The number of anilines is 3. The smallest absolute Gasteiger partial charge is 0.353 e. The van der Waals surface area contributed by atoms with Crippen LogP contribution >= 0.6 is 0 Å². The number of nitrogens with zero attached hydrogens (tertiary/aromatic N) is 5. The van der Waals surface area contributed by atoms with Gasteiger partial charge in [-0.25, -0.2) is 18.4 Å². The summed E-state index contributed by atoms with van der Waals surface area (Å²) in [6.07, 6.45) is 1.93. The van der Waals surface area contributed by atoms with Crippen molar-refractivity contribution in [2.75, 3.05) is 36.4 Å². The van der Waals surface area contributed by atoms with E-state index in [0.717, 1.165) is 0 Å². The fourth-order valence-electron chi connectivity index (χ4n) is 3.76. The molecule has 1 saturated heterocycles. The van der Waals surface area contributed by atoms with E-state index in [1.165, 1.54) is 34.9 Å². The number of nitrogens with one attached hydrogen (secondary N) is 1. The van der Waals surface area contributed by atoms with Crippen LogP contribution in [-0.4, -0.2) is 64.9 Å². The molecular formula is C20H26N6O6S. The third-order valence-electron chi connectivity index (χ3n) is 5.59. The molecule has 0 unspecified atom stereocenters. The minimum atomic E-state index is -3.62. The average Bonchev–Trinajstić information content (AvgIpc) is 2.80. The van der Waals surface area contributed by atoms with Crippen LogP contribution in [0.4, 0.5) is 23.0 Å². The molecule has 2 heterocycles. The molecule has 0 bridgehead atoms. The van der Waals surface area contributed by atoms with E-state index >= 15 is 0 Å². The van der Waals surface area contributed by atoms with Crippen molar-refractivity contribution in [2.45, 2.75) is 31.6 Å². The maximum Gasteiger partial charge on any atom is 0.353 e. The minimum Gasteiger partial charge on any atom is -0.481 e. The van der Waals surface area contributed by atoms with Crippen LogP contribution in [0.3, 0.4) is 0 Å². The maximum absolute atomic E-state index is 12.6. The first-order valence-electron chi connectivity index (χ1n) is 10.5. The third kappa shape index (κ3) is 5.20. The second-order valence-electron chi connectivity index (χ2n) is 7.49. The fraction of sp³-hybridized carbons (Fsp3) is 0.450. The number of hydrogen-bond acceptors (Lipinski definition) is 9. The molecule has 2 N–H and O–H groups in total. The van der Waals surface area contributed by atoms with Crippen molar-refractivity contribution < 1.29 is 23.2 Å². The molecule has 12 nitrogen and oxygen atoms in total. The number of piperidine rings is 1. The van der Waals surface area contributed by atoms with Crippen LogP contribution in [0.2, 0.25) is 0 Å². The summed E-state index contributed by atoms with van der Waals surface area (Å²) in [6, 6.07) is 5.89. The maximum atomic E-state index is 12.6. The summed E-state index contributed by atoms with van der Waals surface area (Å²) in [5.41, 5.74) is 0.0944. The van der Waals surface area contributed by atoms with Gasteiger partial charge in [0.25, 0.3) is 0 Å². The van der Waals surface area contributed by atoms with Crippen LogP contribution in [-0.2, 0) is 14.8 Å². The van der Waals surface area contributed by atoms with Gasteiger partial charge < -0.3 is 15.3 Å². The number of sulfonamides is 1. The first-order chi connectivity index (χ1) is 15.7. The van der Waals surface area contributed by atoms with E-state index in [2.05, 4.69) is 15.3 Å². The summed E-state index contributed by atoms with van der Waals surface area (Å²) >= 11 is 0. The number of aliphatic carboxylic acids is 1. The highest BCUT2D eigenvalue weighted by Gasteiger charge is 2.32. The minimum absolute atomic E-state index is 0.0373. The Kier molecular flexibility index (Phi) is 7.43. The monoisotopic (exact) mass is 478 g/mol. The quantitative estimate of drug-likeness (QED) is 0.405. The second-order valence-corrected chi connectivity index (χ2v) is 9.43. The van der Waals surface area contributed by atoms with Gasteiger partial charge in [-0.15, -0.1) is 0 Å². The summed E-state index contributed by atoms with van der Waals surface area (Å²) in [6.45, 7) is 4.86. The van der Waals surface area contributed by atoms with Gasteiger partial charge in [-0.2, -0.15) is 4.31 Å². The molecule has 3 rings (SSSR count). The standard InChI is InChI=1S/C20H26N6O6S/c1-3-25(4-2)33(31,32)16-7-5-15(6-8-16)23-18-17(26(29)30)19(22-13-21-18)24-11-9-14(10-12-24)20(27)28/h5-8,13-14H,3-4,9-12H2,1-2H3,(H,27,28)(H,21,22,23). The first-order valence-corrected chi connectivity index (χ1v) is 12.0. The van der Waals surface area contributed by atoms with Crippen molar-refractivity contribution in [1.29, 1.82) is 0 Å². The van der Waals surface area contributed by atoms with Crippen LogP contribution in [0.5, 0.6) is 0 Å². The highest BCUT2D eigenvalue weighted by Crippen LogP contribution is 2.35.